The largest absolute Gasteiger partial charge is 0.396 e. The number of hydrogen-bond donors (Lipinski definition) is 2. The number of carbonyl (C=O) groups is 1. The van der Waals surface area contributed by atoms with Crippen LogP contribution in [0.15, 0.2) is 0 Å². The standard InChI is InChI=1S/C5H11NO3/c6-5(8)4-9-3-1-2-7/h7H,1-4H2,(H2,6,8). The van der Waals surface area contributed by atoms with Gasteiger partial charge in [0.05, 0.1) is 0 Å². The van der Waals surface area contributed by atoms with E-state index in [2.05, 4.69) is 0 Å². The average molecular weight is 133 g/mol. The molecule has 9 heavy (non-hydrogen) atoms. The van der Waals surface area contributed by atoms with Crippen LogP contribution in [0.25, 0.3) is 0 Å². The summed E-state index contributed by atoms with van der Waals surface area (Å²) in [5.41, 5.74) is 4.75. The van der Waals surface area contributed by atoms with Crippen molar-refractivity contribution in [2.75, 3.05) is 19.8 Å². The monoisotopic (exact) mass is 133 g/mol. The van der Waals surface area contributed by atoms with Crippen LogP contribution in [0.5, 0.6) is 0 Å². The van der Waals surface area contributed by atoms with Crippen LogP contribution in [0.2, 0.25) is 0 Å². The number of aliphatic hydroxyl groups is 1. The Labute approximate surface area is 53.6 Å². The number of hydrogen-bond acceptors (Lipinski definition) is 3. The SMILES string of the molecule is NC(=O)COCCCO. The molecule has 0 spiro atoms. The van der Waals surface area contributed by atoms with E-state index in [1.807, 2.05) is 0 Å². The van der Waals surface area contributed by atoms with Gasteiger partial charge in [0.2, 0.25) is 5.91 Å². The molecule has 0 aliphatic rings. The van der Waals surface area contributed by atoms with Gasteiger partial charge < -0.3 is 15.6 Å². The number of amides is 1. The summed E-state index contributed by atoms with van der Waals surface area (Å²) in [5.74, 6) is -0.479. The van der Waals surface area contributed by atoms with E-state index in [-0.39, 0.29) is 13.2 Å². The zero-order valence-corrected chi connectivity index (χ0v) is 5.17. The molecule has 0 aliphatic carbocycles. The number of ether oxygens (including phenoxy) is 1. The molecule has 0 atom stereocenters. The van der Waals surface area contributed by atoms with Crippen molar-refractivity contribution >= 4 is 5.91 Å². The lowest BCUT2D eigenvalue weighted by Crippen LogP contribution is -2.18. The van der Waals surface area contributed by atoms with Gasteiger partial charge in [0.1, 0.15) is 6.61 Å². The highest BCUT2D eigenvalue weighted by Gasteiger charge is 1.91. The van der Waals surface area contributed by atoms with Crippen LogP contribution in [0, 0.1) is 0 Å². The maximum atomic E-state index is 10.00. The first-order chi connectivity index (χ1) is 4.27. The molecule has 0 saturated heterocycles. The van der Waals surface area contributed by atoms with E-state index in [9.17, 15) is 4.79 Å². The fourth-order valence-corrected chi connectivity index (χ4v) is 0.339. The Morgan fingerprint density at radius 1 is 1.67 bits per heavy atom. The van der Waals surface area contributed by atoms with Crippen LogP contribution in [0.4, 0.5) is 0 Å². The zero-order valence-electron chi connectivity index (χ0n) is 5.17. The number of carbonyl (C=O) groups excluding carboxylic acids is 1. The lowest BCUT2D eigenvalue weighted by molar-refractivity contribution is -0.122. The number of primary amides is 1. The van der Waals surface area contributed by atoms with Gasteiger partial charge in [-0.25, -0.2) is 0 Å². The van der Waals surface area contributed by atoms with Crippen molar-refractivity contribution in [3.05, 3.63) is 0 Å². The summed E-state index contributed by atoms with van der Waals surface area (Å²) < 4.78 is 4.70. The summed E-state index contributed by atoms with van der Waals surface area (Å²) >= 11 is 0. The second-order valence-corrected chi connectivity index (χ2v) is 1.60. The Balaban J connectivity index is 2.83. The molecule has 4 nitrogen and oxygen atoms in total. The minimum atomic E-state index is -0.479. The van der Waals surface area contributed by atoms with E-state index >= 15 is 0 Å². The van der Waals surface area contributed by atoms with Gasteiger partial charge in [0.25, 0.3) is 0 Å². The quantitative estimate of drug-likeness (QED) is 0.466. The first-order valence-electron chi connectivity index (χ1n) is 2.74. The molecule has 1 amide bonds. The lowest BCUT2D eigenvalue weighted by atomic mass is 10.5. The number of rotatable bonds is 5. The van der Waals surface area contributed by atoms with E-state index in [4.69, 9.17) is 15.6 Å². The Morgan fingerprint density at radius 3 is 2.78 bits per heavy atom. The molecule has 0 aromatic heterocycles. The fraction of sp³-hybridized carbons (Fsp3) is 0.800. The number of nitrogens with two attached hydrogens (primary N) is 1. The minimum absolute atomic E-state index is 0.0556. The summed E-state index contributed by atoms with van der Waals surface area (Å²) in [6, 6.07) is 0. The van der Waals surface area contributed by atoms with Crippen LogP contribution in [0.3, 0.4) is 0 Å². The lowest BCUT2D eigenvalue weighted by Gasteiger charge is -1.96. The maximum Gasteiger partial charge on any atom is 0.243 e. The summed E-state index contributed by atoms with van der Waals surface area (Å²) in [4.78, 5) is 10.00. The van der Waals surface area contributed by atoms with Gasteiger partial charge in [-0.2, -0.15) is 0 Å². The third-order valence-corrected chi connectivity index (χ3v) is 0.691. The number of aliphatic hydroxyl groups excluding tert-OH is 1. The Kier molecular flexibility index (Phi) is 5.15. The van der Waals surface area contributed by atoms with Crippen LogP contribution >= 0.6 is 0 Å². The molecule has 0 rings (SSSR count). The molecule has 0 unspecified atom stereocenters. The van der Waals surface area contributed by atoms with Gasteiger partial charge in [-0.05, 0) is 6.42 Å². The minimum Gasteiger partial charge on any atom is -0.396 e. The van der Waals surface area contributed by atoms with Gasteiger partial charge in [-0.1, -0.05) is 0 Å². The van der Waals surface area contributed by atoms with Gasteiger partial charge >= 0.3 is 0 Å². The topological polar surface area (TPSA) is 72.6 Å². The molecule has 0 radical (unpaired) electrons. The highest BCUT2D eigenvalue weighted by atomic mass is 16.5. The summed E-state index contributed by atoms with van der Waals surface area (Å²) in [7, 11) is 0. The summed E-state index contributed by atoms with van der Waals surface area (Å²) in [6.45, 7) is 0.415. The van der Waals surface area contributed by atoms with Crippen molar-refractivity contribution in [1.29, 1.82) is 0 Å². The summed E-state index contributed by atoms with van der Waals surface area (Å²) in [6.07, 6.45) is 0.549. The highest BCUT2D eigenvalue weighted by molar-refractivity contribution is 5.74. The molecular weight excluding hydrogens is 122 g/mol. The van der Waals surface area contributed by atoms with Gasteiger partial charge in [-0.15, -0.1) is 0 Å². The summed E-state index contributed by atoms with van der Waals surface area (Å²) in [5, 5.41) is 8.24. The van der Waals surface area contributed by atoms with Crippen molar-refractivity contribution in [1.82, 2.24) is 0 Å². The Hall–Kier alpha value is -0.610. The van der Waals surface area contributed by atoms with Crippen molar-refractivity contribution < 1.29 is 14.6 Å². The first kappa shape index (κ1) is 8.39. The molecule has 54 valence electrons. The van der Waals surface area contributed by atoms with E-state index in [1.165, 1.54) is 0 Å². The molecule has 0 fully saturated rings. The highest BCUT2D eigenvalue weighted by Crippen LogP contribution is 1.78. The fourth-order valence-electron chi connectivity index (χ4n) is 0.339. The molecule has 0 heterocycles. The molecule has 0 aromatic rings. The second-order valence-electron chi connectivity index (χ2n) is 1.60. The van der Waals surface area contributed by atoms with Gasteiger partial charge in [0, 0.05) is 13.2 Å². The van der Waals surface area contributed by atoms with Crippen molar-refractivity contribution in [3.63, 3.8) is 0 Å². The maximum absolute atomic E-state index is 10.00. The zero-order chi connectivity index (χ0) is 7.11. The van der Waals surface area contributed by atoms with E-state index in [1.54, 1.807) is 0 Å². The predicted octanol–water partition coefficient (Wildman–Crippen LogP) is -1.13. The normalized spacial score (nSPS) is 9.44. The molecule has 3 N–H and O–H groups in total. The second kappa shape index (κ2) is 5.53. The molecule has 0 bridgehead atoms. The Bertz CT molecular complexity index is 84.3. The average Bonchev–Trinajstić information content (AvgIpc) is 1.80. The van der Waals surface area contributed by atoms with Gasteiger partial charge in [0.15, 0.2) is 0 Å². The first-order valence-corrected chi connectivity index (χ1v) is 2.74. The van der Waals surface area contributed by atoms with Crippen LogP contribution in [-0.4, -0.2) is 30.8 Å². The van der Waals surface area contributed by atoms with Crippen LogP contribution in [0.1, 0.15) is 6.42 Å². The van der Waals surface area contributed by atoms with E-state index in [0.29, 0.717) is 13.0 Å². The van der Waals surface area contributed by atoms with E-state index in [0.717, 1.165) is 0 Å². The molecule has 0 aliphatic heterocycles. The van der Waals surface area contributed by atoms with Crippen molar-refractivity contribution in [2.24, 2.45) is 5.73 Å². The smallest absolute Gasteiger partial charge is 0.243 e. The third-order valence-electron chi connectivity index (χ3n) is 0.691. The van der Waals surface area contributed by atoms with Crippen LogP contribution < -0.4 is 5.73 Å². The molecular formula is C5H11NO3. The molecule has 0 saturated carbocycles. The van der Waals surface area contributed by atoms with Crippen molar-refractivity contribution in [3.8, 4) is 0 Å². The molecule has 0 aromatic carbocycles. The van der Waals surface area contributed by atoms with E-state index < -0.39 is 5.91 Å². The van der Waals surface area contributed by atoms with Gasteiger partial charge in [-0.3, -0.25) is 4.79 Å². The molecule has 4 heteroatoms. The third kappa shape index (κ3) is 7.39. The van der Waals surface area contributed by atoms with Crippen molar-refractivity contribution in [2.45, 2.75) is 6.42 Å². The predicted molar refractivity (Wildman–Crippen MR) is 31.7 cm³/mol. The van der Waals surface area contributed by atoms with Crippen LogP contribution in [-0.2, 0) is 9.53 Å². The Morgan fingerprint density at radius 2 is 2.33 bits per heavy atom.